The third-order valence-electron chi connectivity index (χ3n) is 11.9. The van der Waals surface area contributed by atoms with Gasteiger partial charge in [0.15, 0.2) is 8.07 Å². The molecule has 0 heterocycles. The van der Waals surface area contributed by atoms with Crippen LogP contribution in [0.25, 0.3) is 6.08 Å². The highest BCUT2D eigenvalue weighted by atomic mass is 28.3. The van der Waals surface area contributed by atoms with Gasteiger partial charge in [0, 0.05) is 5.54 Å². The molecule has 0 aliphatic heterocycles. The molecule has 0 aromatic heterocycles. The average molecular weight is 725 g/mol. The Bertz CT molecular complexity index is 1740. The van der Waals surface area contributed by atoms with Gasteiger partial charge in [-0.2, -0.15) is 0 Å². The van der Waals surface area contributed by atoms with Gasteiger partial charge < -0.3 is 0 Å². The molecule has 0 N–H and O–H groups in total. The molecule has 1 heteroatoms. The van der Waals surface area contributed by atoms with Crippen molar-refractivity contribution < 1.29 is 0 Å². The summed E-state index contributed by atoms with van der Waals surface area (Å²) >= 11 is 0. The van der Waals surface area contributed by atoms with Crippen molar-refractivity contribution in [2.45, 2.75) is 170 Å². The van der Waals surface area contributed by atoms with E-state index in [9.17, 15) is 0 Å². The predicted molar refractivity (Wildman–Crippen MR) is 239 cm³/mol. The molecule has 1 unspecified atom stereocenters. The van der Waals surface area contributed by atoms with Gasteiger partial charge in [-0.25, -0.2) is 0 Å². The summed E-state index contributed by atoms with van der Waals surface area (Å²) in [7, 11) is -3.03. The first kappa shape index (κ1) is 41.0. The highest BCUT2D eigenvalue weighted by Gasteiger charge is 2.51. The Hall–Kier alpha value is -3.16. The van der Waals surface area contributed by atoms with E-state index in [1.54, 1.807) is 0 Å². The Morgan fingerprint density at radius 1 is 0.377 bits per heavy atom. The molecular formula is C52H72Si. The minimum Gasteiger partial charge on any atom is -0.0669 e. The second-order valence-corrected chi connectivity index (χ2v) is 26.6. The van der Waals surface area contributed by atoms with E-state index in [1.165, 1.54) is 65.6 Å². The molecule has 284 valence electrons. The molecule has 0 amide bonds. The first-order valence-corrected chi connectivity index (χ1v) is 22.3. The maximum absolute atomic E-state index is 3.03. The van der Waals surface area contributed by atoms with Crippen LogP contribution >= 0.6 is 0 Å². The molecule has 1 aliphatic carbocycles. The number of allylic oxidation sites excluding steroid dienone is 1. The number of rotatable bonds is 4. The predicted octanol–water partition coefficient (Wildman–Crippen LogP) is 12.7. The molecule has 5 rings (SSSR count). The van der Waals surface area contributed by atoms with Gasteiger partial charge in [0.05, 0.1) is 0 Å². The Labute approximate surface area is 327 Å². The van der Waals surface area contributed by atoms with Crippen LogP contribution in [0.5, 0.6) is 0 Å². The van der Waals surface area contributed by atoms with Crippen molar-refractivity contribution in [3.05, 3.63) is 129 Å². The van der Waals surface area contributed by atoms with E-state index in [1.807, 2.05) is 0 Å². The second kappa shape index (κ2) is 13.3. The summed E-state index contributed by atoms with van der Waals surface area (Å²) in [5, 5.41) is 4.59. The molecular weight excluding hydrogens is 653 g/mol. The fourth-order valence-corrected chi connectivity index (χ4v) is 14.0. The molecule has 53 heavy (non-hydrogen) atoms. The summed E-state index contributed by atoms with van der Waals surface area (Å²) in [5.41, 5.74) is 13.1. The number of fused-ring (bicyclic) bond motifs is 1. The van der Waals surface area contributed by atoms with Crippen LogP contribution in [0.2, 0.25) is 0 Å². The molecule has 4 aromatic rings. The Kier molecular flexibility index (Phi) is 10.3. The second-order valence-electron chi connectivity index (χ2n) is 22.7. The van der Waals surface area contributed by atoms with E-state index in [0.29, 0.717) is 0 Å². The van der Waals surface area contributed by atoms with Crippen LogP contribution < -0.4 is 15.6 Å². The van der Waals surface area contributed by atoms with Crippen molar-refractivity contribution in [3.63, 3.8) is 0 Å². The van der Waals surface area contributed by atoms with Gasteiger partial charge in [0.2, 0.25) is 0 Å². The zero-order valence-electron chi connectivity index (χ0n) is 37.2. The number of hydrogen-bond acceptors (Lipinski definition) is 0. The summed E-state index contributed by atoms with van der Waals surface area (Å²) in [6.07, 6.45) is 2.51. The fourth-order valence-electron chi connectivity index (χ4n) is 8.22. The first-order chi connectivity index (χ1) is 23.9. The van der Waals surface area contributed by atoms with E-state index in [-0.39, 0.29) is 38.0 Å². The zero-order valence-corrected chi connectivity index (χ0v) is 38.2. The fraction of sp³-hybridized carbons (Fsp3) is 0.500. The molecule has 1 atom stereocenters. The highest BCUT2D eigenvalue weighted by molar-refractivity contribution is 7.12. The molecule has 0 spiro atoms. The molecule has 0 bridgehead atoms. The van der Waals surface area contributed by atoms with Crippen LogP contribution in [0.3, 0.4) is 0 Å². The van der Waals surface area contributed by atoms with Crippen molar-refractivity contribution in [1.82, 2.24) is 0 Å². The molecule has 0 saturated carbocycles. The van der Waals surface area contributed by atoms with Crippen molar-refractivity contribution >= 4 is 29.7 Å². The summed E-state index contributed by atoms with van der Waals surface area (Å²) in [4.78, 5) is 0. The first-order valence-electron chi connectivity index (χ1n) is 20.2. The lowest BCUT2D eigenvalue weighted by Crippen LogP contribution is -2.71. The molecule has 0 radical (unpaired) electrons. The van der Waals surface area contributed by atoms with Crippen LogP contribution in [-0.4, -0.2) is 8.07 Å². The van der Waals surface area contributed by atoms with Crippen LogP contribution in [0, 0.1) is 0 Å². The minimum atomic E-state index is -3.03. The topological polar surface area (TPSA) is 0 Å². The van der Waals surface area contributed by atoms with Crippen LogP contribution in [0.1, 0.15) is 182 Å². The average Bonchev–Trinajstić information content (AvgIpc) is 3.34. The molecule has 1 aliphatic rings. The lowest BCUT2D eigenvalue weighted by atomic mass is 9.80. The van der Waals surface area contributed by atoms with Crippen LogP contribution in [0.4, 0.5) is 0 Å². The minimum absolute atomic E-state index is 0.0116. The van der Waals surface area contributed by atoms with Crippen molar-refractivity contribution in [2.24, 2.45) is 0 Å². The SMILES string of the molecule is CC1=Cc2ccccc2C1[Si](c1cc(C(C)(C)C)cc(C(C)(C)C)c1)(c1cc(C(C)(C)C)cc(C(C)(C)C)c1)c1cc(C(C)(C)C)cc(C(C)(C)C)c1. The lowest BCUT2D eigenvalue weighted by Gasteiger charge is -2.44. The van der Waals surface area contributed by atoms with E-state index in [0.717, 1.165) is 0 Å². The van der Waals surface area contributed by atoms with E-state index in [4.69, 9.17) is 0 Å². The molecule has 0 fully saturated rings. The zero-order chi connectivity index (χ0) is 39.9. The smallest absolute Gasteiger partial charge is 0.0669 e. The van der Waals surface area contributed by atoms with Crippen molar-refractivity contribution in [1.29, 1.82) is 0 Å². The van der Waals surface area contributed by atoms with Crippen molar-refractivity contribution in [3.8, 4) is 0 Å². The molecule has 4 aromatic carbocycles. The molecule has 0 nitrogen and oxygen atoms in total. The van der Waals surface area contributed by atoms with E-state index < -0.39 is 8.07 Å². The lowest BCUT2D eigenvalue weighted by molar-refractivity contribution is 0.569. The number of benzene rings is 4. The van der Waals surface area contributed by atoms with Crippen molar-refractivity contribution in [2.75, 3.05) is 0 Å². The molecule has 0 saturated heterocycles. The quantitative estimate of drug-likeness (QED) is 0.145. The van der Waals surface area contributed by atoms with E-state index in [2.05, 4.69) is 216 Å². The monoisotopic (exact) mass is 725 g/mol. The van der Waals surface area contributed by atoms with Gasteiger partial charge in [-0.05, 0) is 99.5 Å². The van der Waals surface area contributed by atoms with Gasteiger partial charge in [-0.15, -0.1) is 0 Å². The van der Waals surface area contributed by atoms with Gasteiger partial charge in [0.1, 0.15) is 0 Å². The Balaban J connectivity index is 2.20. The van der Waals surface area contributed by atoms with E-state index >= 15 is 0 Å². The summed E-state index contributed by atoms with van der Waals surface area (Å²) in [6.45, 7) is 45.6. The third-order valence-corrected chi connectivity index (χ3v) is 17.2. The van der Waals surface area contributed by atoms with Crippen LogP contribution in [-0.2, 0) is 32.5 Å². The van der Waals surface area contributed by atoms with Gasteiger partial charge in [-0.1, -0.05) is 215 Å². The maximum Gasteiger partial charge on any atom is 0.159 e. The largest absolute Gasteiger partial charge is 0.159 e. The Morgan fingerprint density at radius 2 is 0.642 bits per heavy atom. The van der Waals surface area contributed by atoms with Gasteiger partial charge in [0.25, 0.3) is 0 Å². The highest BCUT2D eigenvalue weighted by Crippen LogP contribution is 2.44. The van der Waals surface area contributed by atoms with Gasteiger partial charge >= 0.3 is 0 Å². The van der Waals surface area contributed by atoms with Crippen LogP contribution in [0.15, 0.2) is 84.4 Å². The summed E-state index contributed by atoms with van der Waals surface area (Å²) in [6, 6.07) is 32.8. The third kappa shape index (κ3) is 7.98. The maximum atomic E-state index is 2.66. The normalized spacial score (nSPS) is 16.1. The number of hydrogen-bond donors (Lipinski definition) is 0. The standard InChI is InChI=1S/C52H72Si/c1-34-24-35-22-20-21-23-45(35)46(34)53(42-28-36(47(2,3)4)25-37(29-42)48(5,6)7,43-30-38(49(8,9)10)26-39(31-43)50(11,12)13)44-32-40(51(14,15)16)27-41(33-44)52(17,18)19/h20-33,46H,1-19H3. The summed E-state index contributed by atoms with van der Waals surface area (Å²) in [5.74, 6) is 0. The summed E-state index contributed by atoms with van der Waals surface area (Å²) < 4.78 is 0. The Morgan fingerprint density at radius 3 is 0.906 bits per heavy atom. The van der Waals surface area contributed by atoms with Gasteiger partial charge in [-0.3, -0.25) is 0 Å².